The average molecular weight is 255 g/mol. The Labute approximate surface area is 102 Å². The normalized spacial score (nSPS) is 21.3. The van der Waals surface area contributed by atoms with E-state index in [1.54, 1.807) is 0 Å². The highest BCUT2D eigenvalue weighted by atomic mass is 32.2. The second kappa shape index (κ2) is 5.06. The Hall–Kier alpha value is -1.07. The molecule has 0 saturated carbocycles. The molecule has 1 aliphatic heterocycles. The molecule has 2 N–H and O–H groups in total. The van der Waals surface area contributed by atoms with Gasteiger partial charge in [0.25, 0.3) is 0 Å². The molecule has 0 bridgehead atoms. The topological polar surface area (TPSA) is 66.4 Å². The van der Waals surface area contributed by atoms with Gasteiger partial charge in [-0.05, 0) is 43.7 Å². The summed E-state index contributed by atoms with van der Waals surface area (Å²) in [4.78, 5) is 0.280. The van der Waals surface area contributed by atoms with Gasteiger partial charge in [0, 0.05) is 6.04 Å². The van der Waals surface area contributed by atoms with Crippen LogP contribution in [-0.2, 0) is 9.84 Å². The molecule has 0 spiro atoms. The molecule has 1 saturated heterocycles. The van der Waals surface area contributed by atoms with Crippen molar-refractivity contribution in [2.24, 2.45) is 0 Å². The Morgan fingerprint density at radius 3 is 2.53 bits per heavy atom. The Morgan fingerprint density at radius 2 is 1.94 bits per heavy atom. The van der Waals surface area contributed by atoms with Crippen molar-refractivity contribution in [1.29, 1.82) is 0 Å². The van der Waals surface area contributed by atoms with Crippen molar-refractivity contribution in [1.82, 2.24) is 5.32 Å². The standard InChI is InChI=1S/C12H17NO3S/c14-11-4-6-12(7-5-11)17(15,16)9-10-3-1-2-8-13-10/h4-7,10,13-14H,1-3,8-9H2. The predicted octanol–water partition coefficient (Wildman–Crippen LogP) is 1.31. The van der Waals surface area contributed by atoms with Crippen molar-refractivity contribution in [3.63, 3.8) is 0 Å². The van der Waals surface area contributed by atoms with Crippen LogP contribution in [-0.4, -0.2) is 31.9 Å². The average Bonchev–Trinajstić information content (AvgIpc) is 2.30. The van der Waals surface area contributed by atoms with Crippen LogP contribution in [0.2, 0.25) is 0 Å². The van der Waals surface area contributed by atoms with Crippen molar-refractivity contribution >= 4 is 9.84 Å². The van der Waals surface area contributed by atoms with Crippen molar-refractivity contribution in [2.75, 3.05) is 12.3 Å². The van der Waals surface area contributed by atoms with Gasteiger partial charge in [-0.3, -0.25) is 0 Å². The number of piperidine rings is 1. The molecule has 1 aromatic rings. The summed E-state index contributed by atoms with van der Waals surface area (Å²) in [6.45, 7) is 0.899. The lowest BCUT2D eigenvalue weighted by Crippen LogP contribution is -2.39. The van der Waals surface area contributed by atoms with E-state index < -0.39 is 9.84 Å². The zero-order chi connectivity index (χ0) is 12.3. The molecular weight excluding hydrogens is 238 g/mol. The van der Waals surface area contributed by atoms with E-state index in [9.17, 15) is 8.42 Å². The number of sulfone groups is 1. The molecular formula is C12H17NO3S. The molecule has 0 amide bonds. The smallest absolute Gasteiger partial charge is 0.179 e. The fourth-order valence-electron chi connectivity index (χ4n) is 2.08. The van der Waals surface area contributed by atoms with E-state index in [2.05, 4.69) is 5.32 Å². The molecule has 17 heavy (non-hydrogen) atoms. The van der Waals surface area contributed by atoms with Crippen LogP contribution < -0.4 is 5.32 Å². The lowest BCUT2D eigenvalue weighted by Gasteiger charge is -2.23. The second-order valence-corrected chi connectivity index (χ2v) is 6.46. The van der Waals surface area contributed by atoms with E-state index in [0.29, 0.717) is 0 Å². The monoisotopic (exact) mass is 255 g/mol. The van der Waals surface area contributed by atoms with Crippen molar-refractivity contribution in [3.05, 3.63) is 24.3 Å². The second-order valence-electron chi connectivity index (χ2n) is 4.42. The van der Waals surface area contributed by atoms with Crippen LogP contribution in [0.3, 0.4) is 0 Å². The third kappa shape index (κ3) is 3.20. The summed E-state index contributed by atoms with van der Waals surface area (Å²) in [5.74, 6) is 0.220. The number of phenols is 1. The summed E-state index contributed by atoms with van der Waals surface area (Å²) in [6, 6.07) is 5.77. The molecule has 0 radical (unpaired) electrons. The molecule has 1 fully saturated rings. The fourth-order valence-corrected chi connectivity index (χ4v) is 3.64. The molecule has 1 unspecified atom stereocenters. The van der Waals surface area contributed by atoms with Gasteiger partial charge in [0.05, 0.1) is 10.6 Å². The van der Waals surface area contributed by atoms with Crippen LogP contribution in [0.5, 0.6) is 5.75 Å². The van der Waals surface area contributed by atoms with E-state index >= 15 is 0 Å². The third-order valence-corrected chi connectivity index (χ3v) is 4.86. The Kier molecular flexibility index (Phi) is 3.69. The summed E-state index contributed by atoms with van der Waals surface area (Å²) in [5.41, 5.74) is 0. The molecule has 0 aliphatic carbocycles. The molecule has 1 atom stereocenters. The molecule has 0 aromatic heterocycles. The van der Waals surface area contributed by atoms with E-state index in [1.807, 2.05) is 0 Å². The van der Waals surface area contributed by atoms with Crippen LogP contribution in [0.25, 0.3) is 0 Å². The van der Waals surface area contributed by atoms with Gasteiger partial charge in [-0.15, -0.1) is 0 Å². The lowest BCUT2D eigenvalue weighted by molar-refractivity contribution is 0.423. The van der Waals surface area contributed by atoms with Gasteiger partial charge in [-0.1, -0.05) is 6.42 Å². The van der Waals surface area contributed by atoms with Gasteiger partial charge in [-0.2, -0.15) is 0 Å². The van der Waals surface area contributed by atoms with Gasteiger partial charge >= 0.3 is 0 Å². The number of nitrogens with one attached hydrogen (secondary N) is 1. The van der Waals surface area contributed by atoms with E-state index in [1.165, 1.54) is 24.3 Å². The van der Waals surface area contributed by atoms with Crippen LogP contribution in [0.15, 0.2) is 29.2 Å². The quantitative estimate of drug-likeness (QED) is 0.854. The first-order valence-corrected chi connectivity index (χ1v) is 7.48. The molecule has 5 heteroatoms. The minimum Gasteiger partial charge on any atom is -0.508 e. The maximum absolute atomic E-state index is 12.1. The number of aromatic hydroxyl groups is 1. The number of hydrogen-bond acceptors (Lipinski definition) is 4. The van der Waals surface area contributed by atoms with Gasteiger partial charge in [0.15, 0.2) is 9.84 Å². The van der Waals surface area contributed by atoms with Crippen molar-refractivity contribution < 1.29 is 13.5 Å². The largest absolute Gasteiger partial charge is 0.508 e. The summed E-state index contributed by atoms with van der Waals surface area (Å²) >= 11 is 0. The molecule has 94 valence electrons. The zero-order valence-electron chi connectivity index (χ0n) is 9.59. The number of rotatable bonds is 3. The SMILES string of the molecule is O=S(=O)(CC1CCCCN1)c1ccc(O)cc1. The zero-order valence-corrected chi connectivity index (χ0v) is 10.4. The highest BCUT2D eigenvalue weighted by Gasteiger charge is 2.22. The third-order valence-electron chi connectivity index (χ3n) is 3.03. The number of benzene rings is 1. The highest BCUT2D eigenvalue weighted by molar-refractivity contribution is 7.91. The summed E-state index contributed by atoms with van der Waals surface area (Å²) in [7, 11) is -3.25. The first-order chi connectivity index (χ1) is 8.08. The molecule has 1 heterocycles. The molecule has 1 aromatic carbocycles. The van der Waals surface area contributed by atoms with Gasteiger partial charge < -0.3 is 10.4 Å². The van der Waals surface area contributed by atoms with Crippen LogP contribution in [0, 0.1) is 0 Å². The molecule has 4 nitrogen and oxygen atoms in total. The molecule has 1 aliphatic rings. The van der Waals surface area contributed by atoms with Crippen LogP contribution in [0.1, 0.15) is 19.3 Å². The summed E-state index contributed by atoms with van der Waals surface area (Å²) < 4.78 is 24.2. The number of phenolic OH excluding ortho intramolecular Hbond substituents is 1. The first-order valence-electron chi connectivity index (χ1n) is 5.83. The highest BCUT2D eigenvalue weighted by Crippen LogP contribution is 2.18. The van der Waals surface area contributed by atoms with Crippen molar-refractivity contribution in [3.8, 4) is 5.75 Å². The predicted molar refractivity (Wildman–Crippen MR) is 65.8 cm³/mol. The minimum atomic E-state index is -3.25. The van der Waals surface area contributed by atoms with Gasteiger partial charge in [0.1, 0.15) is 5.75 Å². The van der Waals surface area contributed by atoms with Crippen molar-refractivity contribution in [2.45, 2.75) is 30.2 Å². The minimum absolute atomic E-state index is 0.0579. The first kappa shape index (κ1) is 12.4. The maximum Gasteiger partial charge on any atom is 0.179 e. The van der Waals surface area contributed by atoms with Gasteiger partial charge in [-0.25, -0.2) is 8.42 Å². The Balaban J connectivity index is 2.10. The summed E-state index contributed by atoms with van der Waals surface area (Å²) in [5, 5.41) is 12.4. The van der Waals surface area contributed by atoms with Crippen LogP contribution in [0.4, 0.5) is 0 Å². The van der Waals surface area contributed by atoms with E-state index in [-0.39, 0.29) is 22.4 Å². The Morgan fingerprint density at radius 1 is 1.24 bits per heavy atom. The molecule has 2 rings (SSSR count). The lowest BCUT2D eigenvalue weighted by atomic mass is 10.1. The van der Waals surface area contributed by atoms with Crippen LogP contribution >= 0.6 is 0 Å². The van der Waals surface area contributed by atoms with E-state index in [4.69, 9.17) is 5.11 Å². The fraction of sp³-hybridized carbons (Fsp3) is 0.500. The number of hydrogen-bond donors (Lipinski definition) is 2. The Bertz CT molecular complexity index is 461. The maximum atomic E-state index is 12.1. The van der Waals surface area contributed by atoms with E-state index in [0.717, 1.165) is 25.8 Å². The van der Waals surface area contributed by atoms with Gasteiger partial charge in [0.2, 0.25) is 0 Å². The summed E-state index contributed by atoms with van der Waals surface area (Å²) in [6.07, 6.45) is 3.12.